The van der Waals surface area contributed by atoms with Crippen LogP contribution in [0.5, 0.6) is 0 Å². The first-order valence-corrected chi connectivity index (χ1v) is 8.73. The van der Waals surface area contributed by atoms with Gasteiger partial charge in [-0.2, -0.15) is 0 Å². The van der Waals surface area contributed by atoms with Gasteiger partial charge in [0.25, 0.3) is 0 Å². The van der Waals surface area contributed by atoms with E-state index in [0.29, 0.717) is 38.4 Å². The number of morpholine rings is 1. The highest BCUT2D eigenvalue weighted by atomic mass is 19.1. The van der Waals surface area contributed by atoms with Crippen LogP contribution in [0.15, 0.2) is 24.3 Å². The van der Waals surface area contributed by atoms with Crippen LogP contribution in [0.4, 0.5) is 4.39 Å². The number of carbonyl (C=O) groups is 1. The highest BCUT2D eigenvalue weighted by Crippen LogP contribution is 2.23. The third-order valence-electron chi connectivity index (χ3n) is 4.36. The summed E-state index contributed by atoms with van der Waals surface area (Å²) in [4.78, 5) is 15.0. The highest BCUT2D eigenvalue weighted by Gasteiger charge is 2.30. The van der Waals surface area contributed by atoms with Crippen LogP contribution in [0, 0.1) is 5.82 Å². The Morgan fingerprint density at radius 3 is 2.79 bits per heavy atom. The van der Waals surface area contributed by atoms with E-state index in [1.807, 2.05) is 4.90 Å². The van der Waals surface area contributed by atoms with Gasteiger partial charge in [-0.05, 0) is 24.1 Å². The Kier molecular flexibility index (Phi) is 7.62. The number of nitrogens with two attached hydrogens (primary N) is 1. The topological polar surface area (TPSA) is 67.6 Å². The minimum absolute atomic E-state index is 0.0467. The number of rotatable bonds is 8. The van der Waals surface area contributed by atoms with Gasteiger partial charge in [0.2, 0.25) is 5.91 Å². The standard InChI is InChI=1S/C18H28FN3O2/c1-2-3-7-16(13-20)21-18(23)17(22-8-10-24-11-9-22)14-5-4-6-15(19)12-14/h4-6,12,16-17H,2-3,7-11,13,20H2,1H3,(H,21,23). The number of nitrogens with zero attached hydrogens (tertiary/aromatic N) is 1. The van der Waals surface area contributed by atoms with E-state index in [2.05, 4.69) is 12.2 Å². The molecule has 0 aromatic heterocycles. The second kappa shape index (κ2) is 9.71. The predicted octanol–water partition coefficient (Wildman–Crippen LogP) is 1.83. The quantitative estimate of drug-likeness (QED) is 0.759. The van der Waals surface area contributed by atoms with Crippen LogP contribution >= 0.6 is 0 Å². The number of amides is 1. The maximum absolute atomic E-state index is 13.7. The average Bonchev–Trinajstić information content (AvgIpc) is 2.60. The molecule has 2 rings (SSSR count). The number of carbonyl (C=O) groups excluding carboxylic acids is 1. The smallest absolute Gasteiger partial charge is 0.242 e. The van der Waals surface area contributed by atoms with Crippen molar-refractivity contribution in [1.82, 2.24) is 10.2 Å². The van der Waals surface area contributed by atoms with Crippen molar-refractivity contribution in [3.05, 3.63) is 35.6 Å². The summed E-state index contributed by atoms with van der Waals surface area (Å²) in [5.41, 5.74) is 6.46. The first-order chi connectivity index (χ1) is 11.7. The van der Waals surface area contributed by atoms with Gasteiger partial charge in [-0.15, -0.1) is 0 Å². The molecule has 1 aliphatic heterocycles. The van der Waals surface area contributed by atoms with Crippen molar-refractivity contribution >= 4 is 5.91 Å². The zero-order valence-electron chi connectivity index (χ0n) is 14.3. The van der Waals surface area contributed by atoms with Gasteiger partial charge in [0.05, 0.1) is 13.2 Å². The molecule has 1 aromatic carbocycles. The lowest BCUT2D eigenvalue weighted by Gasteiger charge is -2.34. The van der Waals surface area contributed by atoms with E-state index in [-0.39, 0.29) is 17.8 Å². The van der Waals surface area contributed by atoms with Gasteiger partial charge in [-0.1, -0.05) is 31.9 Å². The molecule has 1 fully saturated rings. The third kappa shape index (κ3) is 5.26. The van der Waals surface area contributed by atoms with E-state index in [9.17, 15) is 9.18 Å². The van der Waals surface area contributed by atoms with Crippen molar-refractivity contribution in [3.63, 3.8) is 0 Å². The summed E-state index contributed by atoms with van der Waals surface area (Å²) >= 11 is 0. The monoisotopic (exact) mass is 337 g/mol. The van der Waals surface area contributed by atoms with Gasteiger partial charge in [0.1, 0.15) is 11.9 Å². The Bertz CT molecular complexity index is 521. The van der Waals surface area contributed by atoms with E-state index in [1.54, 1.807) is 12.1 Å². The molecular weight excluding hydrogens is 309 g/mol. The Labute approximate surface area is 143 Å². The SMILES string of the molecule is CCCCC(CN)NC(=O)C(c1cccc(F)c1)N1CCOCC1. The number of hydrogen-bond donors (Lipinski definition) is 2. The van der Waals surface area contributed by atoms with Crippen molar-refractivity contribution in [2.24, 2.45) is 5.73 Å². The summed E-state index contributed by atoms with van der Waals surface area (Å²) in [6, 6.07) is 5.70. The minimum Gasteiger partial charge on any atom is -0.379 e. The van der Waals surface area contributed by atoms with Crippen molar-refractivity contribution in [2.75, 3.05) is 32.8 Å². The van der Waals surface area contributed by atoms with Gasteiger partial charge in [-0.3, -0.25) is 9.69 Å². The molecule has 0 saturated carbocycles. The summed E-state index contributed by atoms with van der Waals surface area (Å²) in [5.74, 6) is -0.450. The normalized spacial score (nSPS) is 18.1. The molecule has 1 heterocycles. The molecule has 1 amide bonds. The van der Waals surface area contributed by atoms with Crippen LogP contribution in [0.25, 0.3) is 0 Å². The molecule has 1 aromatic rings. The van der Waals surface area contributed by atoms with Crippen LogP contribution in [0.2, 0.25) is 0 Å². The van der Waals surface area contributed by atoms with Gasteiger partial charge >= 0.3 is 0 Å². The van der Waals surface area contributed by atoms with E-state index in [4.69, 9.17) is 10.5 Å². The molecule has 0 radical (unpaired) electrons. The summed E-state index contributed by atoms with van der Waals surface area (Å²) in [6.07, 6.45) is 2.94. The zero-order valence-corrected chi connectivity index (χ0v) is 14.3. The molecule has 3 N–H and O–H groups in total. The molecule has 6 heteroatoms. The second-order valence-electron chi connectivity index (χ2n) is 6.19. The number of ether oxygens (including phenoxy) is 1. The Morgan fingerprint density at radius 2 is 2.17 bits per heavy atom. The second-order valence-corrected chi connectivity index (χ2v) is 6.19. The molecule has 0 bridgehead atoms. The lowest BCUT2D eigenvalue weighted by molar-refractivity contribution is -0.129. The fourth-order valence-corrected chi connectivity index (χ4v) is 3.02. The number of unbranched alkanes of at least 4 members (excludes halogenated alkanes) is 1. The molecule has 5 nitrogen and oxygen atoms in total. The largest absolute Gasteiger partial charge is 0.379 e. The van der Waals surface area contributed by atoms with Gasteiger partial charge in [0.15, 0.2) is 0 Å². The molecule has 0 aliphatic carbocycles. The number of halogens is 1. The Balaban J connectivity index is 2.16. The van der Waals surface area contributed by atoms with E-state index < -0.39 is 6.04 Å². The lowest BCUT2D eigenvalue weighted by atomic mass is 10.0. The minimum atomic E-state index is -0.514. The first-order valence-electron chi connectivity index (χ1n) is 8.73. The summed E-state index contributed by atoms with van der Waals surface area (Å²) in [6.45, 7) is 4.97. The summed E-state index contributed by atoms with van der Waals surface area (Å²) in [7, 11) is 0. The maximum Gasteiger partial charge on any atom is 0.242 e. The first kappa shape index (κ1) is 18.8. The Morgan fingerprint density at radius 1 is 1.42 bits per heavy atom. The molecule has 1 aliphatic rings. The molecule has 2 unspecified atom stereocenters. The van der Waals surface area contributed by atoms with Crippen LogP contribution in [-0.4, -0.2) is 49.7 Å². The van der Waals surface area contributed by atoms with E-state index >= 15 is 0 Å². The average molecular weight is 337 g/mol. The highest BCUT2D eigenvalue weighted by molar-refractivity contribution is 5.83. The van der Waals surface area contributed by atoms with E-state index in [1.165, 1.54) is 12.1 Å². The van der Waals surface area contributed by atoms with Gasteiger partial charge < -0.3 is 15.8 Å². The van der Waals surface area contributed by atoms with Crippen molar-refractivity contribution in [2.45, 2.75) is 38.3 Å². The number of hydrogen-bond acceptors (Lipinski definition) is 4. The zero-order chi connectivity index (χ0) is 17.4. The fraction of sp³-hybridized carbons (Fsp3) is 0.611. The van der Waals surface area contributed by atoms with Crippen molar-refractivity contribution < 1.29 is 13.9 Å². The van der Waals surface area contributed by atoms with E-state index in [0.717, 1.165) is 19.3 Å². The summed E-state index contributed by atoms with van der Waals surface area (Å²) in [5, 5.41) is 3.05. The number of benzene rings is 1. The predicted molar refractivity (Wildman–Crippen MR) is 92.0 cm³/mol. The van der Waals surface area contributed by atoms with Crippen LogP contribution in [-0.2, 0) is 9.53 Å². The van der Waals surface area contributed by atoms with Gasteiger partial charge in [-0.25, -0.2) is 4.39 Å². The molecule has 2 atom stereocenters. The van der Waals surface area contributed by atoms with Crippen molar-refractivity contribution in [1.29, 1.82) is 0 Å². The summed E-state index contributed by atoms with van der Waals surface area (Å²) < 4.78 is 19.0. The third-order valence-corrected chi connectivity index (χ3v) is 4.36. The molecule has 134 valence electrons. The van der Waals surface area contributed by atoms with Crippen LogP contribution in [0.1, 0.15) is 37.8 Å². The molecule has 0 spiro atoms. The Hall–Kier alpha value is -1.50. The van der Waals surface area contributed by atoms with Crippen molar-refractivity contribution in [3.8, 4) is 0 Å². The lowest BCUT2D eigenvalue weighted by Crippen LogP contribution is -2.49. The van der Waals surface area contributed by atoms with Crippen LogP contribution in [0.3, 0.4) is 0 Å². The molecular formula is C18H28FN3O2. The van der Waals surface area contributed by atoms with Gasteiger partial charge in [0, 0.05) is 25.7 Å². The number of nitrogens with one attached hydrogen (secondary N) is 1. The maximum atomic E-state index is 13.7. The molecule has 1 saturated heterocycles. The molecule has 24 heavy (non-hydrogen) atoms. The fourth-order valence-electron chi connectivity index (χ4n) is 3.02. The van der Waals surface area contributed by atoms with Crippen LogP contribution < -0.4 is 11.1 Å².